The Morgan fingerprint density at radius 2 is 2.05 bits per heavy atom. The van der Waals surface area contributed by atoms with E-state index in [1.165, 1.54) is 29.7 Å². The number of hydrogen-bond donors (Lipinski definition) is 1. The van der Waals surface area contributed by atoms with Crippen LogP contribution in [0.15, 0.2) is 12.4 Å². The maximum Gasteiger partial charge on any atom is 0.133 e. The van der Waals surface area contributed by atoms with Crippen molar-refractivity contribution in [1.29, 1.82) is 0 Å². The third kappa shape index (κ3) is 2.53. The number of rotatable bonds is 3. The zero-order valence-corrected chi connectivity index (χ0v) is 12.3. The summed E-state index contributed by atoms with van der Waals surface area (Å²) >= 11 is 0. The van der Waals surface area contributed by atoms with Crippen LogP contribution in [0.1, 0.15) is 48.5 Å². The first-order valence-electron chi connectivity index (χ1n) is 7.25. The standard InChI is InChI=1S/C15H21N5/c1-10(12-8-16-20(3)9-12)17-15-13-6-4-5-7-14(13)18-11(2)19-15/h8-10H,4-7H2,1-3H3,(H,17,18,19). The number of aryl methyl sites for hydroxylation is 3. The van der Waals surface area contributed by atoms with Gasteiger partial charge in [0.15, 0.2) is 0 Å². The van der Waals surface area contributed by atoms with Crippen molar-refractivity contribution in [2.45, 2.75) is 45.6 Å². The molecule has 3 rings (SSSR count). The van der Waals surface area contributed by atoms with Gasteiger partial charge < -0.3 is 5.32 Å². The zero-order chi connectivity index (χ0) is 14.1. The van der Waals surface area contributed by atoms with Gasteiger partial charge in [-0.15, -0.1) is 0 Å². The van der Waals surface area contributed by atoms with E-state index in [9.17, 15) is 0 Å². The van der Waals surface area contributed by atoms with E-state index in [-0.39, 0.29) is 6.04 Å². The molecule has 2 heterocycles. The summed E-state index contributed by atoms with van der Waals surface area (Å²) in [5.74, 6) is 1.86. The molecule has 1 unspecified atom stereocenters. The lowest BCUT2D eigenvalue weighted by Crippen LogP contribution is -2.15. The Morgan fingerprint density at radius 1 is 1.25 bits per heavy atom. The SMILES string of the molecule is Cc1nc2c(c(NC(C)c3cnn(C)c3)n1)CCCC2. The van der Waals surface area contributed by atoms with Crippen molar-refractivity contribution in [1.82, 2.24) is 19.7 Å². The van der Waals surface area contributed by atoms with Crippen LogP contribution in [0.2, 0.25) is 0 Å². The van der Waals surface area contributed by atoms with Crippen molar-refractivity contribution < 1.29 is 0 Å². The zero-order valence-electron chi connectivity index (χ0n) is 12.3. The fourth-order valence-corrected chi connectivity index (χ4v) is 2.79. The second-order valence-corrected chi connectivity index (χ2v) is 5.57. The maximum absolute atomic E-state index is 4.61. The topological polar surface area (TPSA) is 55.6 Å². The molecule has 0 bridgehead atoms. The number of fused-ring (bicyclic) bond motifs is 1. The molecule has 0 amide bonds. The largest absolute Gasteiger partial charge is 0.363 e. The molecule has 0 spiro atoms. The number of hydrogen-bond acceptors (Lipinski definition) is 4. The second kappa shape index (κ2) is 5.23. The van der Waals surface area contributed by atoms with E-state index in [1.807, 2.05) is 31.0 Å². The van der Waals surface area contributed by atoms with E-state index in [0.29, 0.717) is 0 Å². The molecule has 1 aliphatic rings. The van der Waals surface area contributed by atoms with E-state index in [4.69, 9.17) is 0 Å². The Bertz CT molecular complexity index is 617. The van der Waals surface area contributed by atoms with Crippen molar-refractivity contribution in [3.8, 4) is 0 Å². The van der Waals surface area contributed by atoms with Crippen LogP contribution in [0.5, 0.6) is 0 Å². The van der Waals surface area contributed by atoms with Gasteiger partial charge in [0.25, 0.3) is 0 Å². The lowest BCUT2D eigenvalue weighted by molar-refractivity contribution is 0.657. The van der Waals surface area contributed by atoms with Gasteiger partial charge in [0.2, 0.25) is 0 Å². The van der Waals surface area contributed by atoms with Crippen LogP contribution in [0.4, 0.5) is 5.82 Å². The predicted octanol–water partition coefficient (Wildman–Crippen LogP) is 2.57. The Kier molecular flexibility index (Phi) is 3.42. The molecule has 0 fully saturated rings. The molecule has 1 N–H and O–H groups in total. The molecular weight excluding hydrogens is 250 g/mol. The molecule has 5 nitrogen and oxygen atoms in total. The van der Waals surface area contributed by atoms with Crippen molar-refractivity contribution in [3.63, 3.8) is 0 Å². The van der Waals surface area contributed by atoms with Gasteiger partial charge in [-0.05, 0) is 39.5 Å². The summed E-state index contributed by atoms with van der Waals surface area (Å²) in [4.78, 5) is 9.20. The van der Waals surface area contributed by atoms with E-state index >= 15 is 0 Å². The molecule has 0 radical (unpaired) electrons. The summed E-state index contributed by atoms with van der Waals surface area (Å²) in [7, 11) is 1.94. The van der Waals surface area contributed by atoms with Gasteiger partial charge in [-0.2, -0.15) is 5.10 Å². The summed E-state index contributed by atoms with van der Waals surface area (Å²) in [6.45, 7) is 4.11. The first-order valence-corrected chi connectivity index (χ1v) is 7.25. The monoisotopic (exact) mass is 271 g/mol. The molecule has 2 aromatic heterocycles. The van der Waals surface area contributed by atoms with Crippen molar-refractivity contribution in [2.24, 2.45) is 7.05 Å². The fourth-order valence-electron chi connectivity index (χ4n) is 2.79. The molecule has 0 saturated heterocycles. The van der Waals surface area contributed by atoms with E-state index in [2.05, 4.69) is 27.3 Å². The Balaban J connectivity index is 1.88. The summed E-state index contributed by atoms with van der Waals surface area (Å²) in [6, 6.07) is 0.198. The van der Waals surface area contributed by atoms with Gasteiger partial charge >= 0.3 is 0 Å². The van der Waals surface area contributed by atoms with Crippen LogP contribution in [0.3, 0.4) is 0 Å². The van der Waals surface area contributed by atoms with Crippen LogP contribution in [-0.4, -0.2) is 19.7 Å². The maximum atomic E-state index is 4.61. The van der Waals surface area contributed by atoms with Crippen molar-refractivity contribution in [3.05, 3.63) is 35.0 Å². The van der Waals surface area contributed by atoms with Crippen molar-refractivity contribution >= 4 is 5.82 Å². The van der Waals surface area contributed by atoms with E-state index < -0.39 is 0 Å². The van der Waals surface area contributed by atoms with Crippen LogP contribution in [0.25, 0.3) is 0 Å². The summed E-state index contributed by atoms with van der Waals surface area (Å²) in [5.41, 5.74) is 3.70. The minimum atomic E-state index is 0.198. The normalized spacial score (nSPS) is 15.8. The van der Waals surface area contributed by atoms with Crippen LogP contribution in [-0.2, 0) is 19.9 Å². The highest BCUT2D eigenvalue weighted by molar-refractivity contribution is 5.49. The average Bonchev–Trinajstić information content (AvgIpc) is 2.85. The number of nitrogens with zero attached hydrogens (tertiary/aromatic N) is 4. The molecule has 0 aromatic carbocycles. The van der Waals surface area contributed by atoms with Crippen LogP contribution < -0.4 is 5.32 Å². The molecular formula is C15H21N5. The molecule has 1 aliphatic carbocycles. The first kappa shape index (κ1) is 13.1. The molecule has 0 saturated carbocycles. The van der Waals surface area contributed by atoms with Gasteiger partial charge in [0.05, 0.1) is 12.2 Å². The average molecular weight is 271 g/mol. The Labute approximate surface area is 119 Å². The van der Waals surface area contributed by atoms with Crippen molar-refractivity contribution in [2.75, 3.05) is 5.32 Å². The van der Waals surface area contributed by atoms with Gasteiger partial charge in [-0.1, -0.05) is 0 Å². The molecule has 0 aliphatic heterocycles. The van der Waals surface area contributed by atoms with Crippen LogP contribution in [0, 0.1) is 6.92 Å². The molecule has 2 aromatic rings. The second-order valence-electron chi connectivity index (χ2n) is 5.57. The highest BCUT2D eigenvalue weighted by Crippen LogP contribution is 2.27. The van der Waals surface area contributed by atoms with Crippen LogP contribution >= 0.6 is 0 Å². The van der Waals surface area contributed by atoms with E-state index in [0.717, 1.165) is 24.5 Å². The molecule has 20 heavy (non-hydrogen) atoms. The van der Waals surface area contributed by atoms with Gasteiger partial charge in [0, 0.05) is 30.1 Å². The van der Waals surface area contributed by atoms with E-state index in [1.54, 1.807) is 0 Å². The minimum Gasteiger partial charge on any atom is -0.363 e. The molecule has 5 heteroatoms. The Hall–Kier alpha value is -1.91. The smallest absolute Gasteiger partial charge is 0.133 e. The number of anilines is 1. The van der Waals surface area contributed by atoms with Gasteiger partial charge in [0.1, 0.15) is 11.6 Å². The first-order chi connectivity index (χ1) is 9.63. The predicted molar refractivity (Wildman–Crippen MR) is 78.7 cm³/mol. The Morgan fingerprint density at radius 3 is 2.80 bits per heavy atom. The highest BCUT2D eigenvalue weighted by atomic mass is 15.2. The fraction of sp³-hybridized carbons (Fsp3) is 0.533. The lowest BCUT2D eigenvalue weighted by atomic mass is 9.96. The quantitative estimate of drug-likeness (QED) is 0.932. The third-order valence-electron chi connectivity index (χ3n) is 3.87. The number of nitrogens with one attached hydrogen (secondary N) is 1. The third-order valence-corrected chi connectivity index (χ3v) is 3.87. The highest BCUT2D eigenvalue weighted by Gasteiger charge is 2.18. The molecule has 1 atom stereocenters. The van der Waals surface area contributed by atoms with Gasteiger partial charge in [-0.3, -0.25) is 4.68 Å². The minimum absolute atomic E-state index is 0.198. The lowest BCUT2D eigenvalue weighted by Gasteiger charge is -2.21. The van der Waals surface area contributed by atoms with Gasteiger partial charge in [-0.25, -0.2) is 9.97 Å². The summed E-state index contributed by atoms with van der Waals surface area (Å²) < 4.78 is 1.83. The summed E-state index contributed by atoms with van der Waals surface area (Å²) in [5, 5.41) is 7.76. The number of aromatic nitrogens is 4. The molecule has 106 valence electrons. The summed E-state index contributed by atoms with van der Waals surface area (Å²) in [6.07, 6.45) is 8.57.